The summed E-state index contributed by atoms with van der Waals surface area (Å²) >= 11 is 1.71. The van der Waals surface area contributed by atoms with E-state index in [-0.39, 0.29) is 16.2 Å². The van der Waals surface area contributed by atoms with Gasteiger partial charge in [-0.05, 0) is 19.1 Å². The molecule has 0 spiro atoms. The summed E-state index contributed by atoms with van der Waals surface area (Å²) in [5.41, 5.74) is -0.412. The van der Waals surface area contributed by atoms with Crippen molar-refractivity contribution in [2.24, 2.45) is 0 Å². The minimum absolute atomic E-state index is 0.164. The highest BCUT2D eigenvalue weighted by Gasteiger charge is 2.36. The summed E-state index contributed by atoms with van der Waals surface area (Å²) < 4.78 is 40.3. The van der Waals surface area contributed by atoms with Crippen molar-refractivity contribution in [3.8, 4) is 6.07 Å². The van der Waals surface area contributed by atoms with Crippen molar-refractivity contribution >= 4 is 21.8 Å². The van der Waals surface area contributed by atoms with Gasteiger partial charge in [-0.1, -0.05) is 13.0 Å². The fourth-order valence-corrected chi connectivity index (χ4v) is 5.35. The monoisotopic (exact) mass is 314 g/mol. The van der Waals surface area contributed by atoms with E-state index in [1.165, 1.54) is 16.4 Å². The van der Waals surface area contributed by atoms with Gasteiger partial charge in [0.05, 0.1) is 0 Å². The standard InChI is InChI=1S/C13H15FN2O2S2/c1-9-10(2)19-7-6-16(9)20(17,18)13-5-3-4-12(14)11(13)8-15/h3-5,9-10H,6-7H2,1-2H3. The summed E-state index contributed by atoms with van der Waals surface area (Å²) in [5.74, 6) is -0.109. The van der Waals surface area contributed by atoms with E-state index >= 15 is 0 Å². The van der Waals surface area contributed by atoms with Gasteiger partial charge in [-0.25, -0.2) is 12.8 Å². The fraction of sp³-hybridized carbons (Fsp3) is 0.462. The number of hydrogen-bond donors (Lipinski definition) is 0. The Morgan fingerprint density at radius 2 is 2.15 bits per heavy atom. The molecule has 1 aliphatic heterocycles. The van der Waals surface area contributed by atoms with E-state index in [2.05, 4.69) is 0 Å². The van der Waals surface area contributed by atoms with Crippen LogP contribution in [-0.4, -0.2) is 36.3 Å². The summed E-state index contributed by atoms with van der Waals surface area (Å²) in [6.45, 7) is 4.17. The molecular formula is C13H15FN2O2S2. The number of thioether (sulfide) groups is 1. The lowest BCUT2D eigenvalue weighted by atomic mass is 10.2. The zero-order chi connectivity index (χ0) is 14.9. The van der Waals surface area contributed by atoms with Crippen molar-refractivity contribution in [2.75, 3.05) is 12.3 Å². The lowest BCUT2D eigenvalue weighted by Gasteiger charge is -2.36. The molecule has 0 N–H and O–H groups in total. The molecule has 20 heavy (non-hydrogen) atoms. The second-order valence-corrected chi connectivity index (χ2v) is 8.00. The first kappa shape index (κ1) is 15.3. The minimum Gasteiger partial charge on any atom is -0.207 e. The average molecular weight is 314 g/mol. The summed E-state index contributed by atoms with van der Waals surface area (Å²) in [6.07, 6.45) is 0. The van der Waals surface area contributed by atoms with E-state index in [0.29, 0.717) is 12.3 Å². The third-order valence-electron chi connectivity index (χ3n) is 3.50. The molecule has 0 saturated carbocycles. The maximum absolute atomic E-state index is 13.6. The van der Waals surface area contributed by atoms with E-state index in [4.69, 9.17) is 5.26 Å². The number of nitrogens with zero attached hydrogens (tertiary/aromatic N) is 2. The van der Waals surface area contributed by atoms with E-state index < -0.39 is 21.4 Å². The van der Waals surface area contributed by atoms with Gasteiger partial charge in [0.15, 0.2) is 0 Å². The number of benzene rings is 1. The van der Waals surface area contributed by atoms with E-state index in [0.717, 1.165) is 6.07 Å². The normalized spacial score (nSPS) is 24.3. The SMILES string of the molecule is CC1SCCN(S(=O)(=O)c2cccc(F)c2C#N)C1C. The summed E-state index contributed by atoms with van der Waals surface area (Å²) in [5, 5.41) is 9.17. The zero-order valence-electron chi connectivity index (χ0n) is 11.2. The Morgan fingerprint density at radius 3 is 2.80 bits per heavy atom. The molecule has 2 unspecified atom stereocenters. The van der Waals surface area contributed by atoms with Gasteiger partial charge in [0.1, 0.15) is 22.3 Å². The van der Waals surface area contributed by atoms with Gasteiger partial charge in [-0.3, -0.25) is 0 Å². The van der Waals surface area contributed by atoms with Gasteiger partial charge in [-0.2, -0.15) is 21.3 Å². The van der Waals surface area contributed by atoms with Crippen LogP contribution in [0.2, 0.25) is 0 Å². The first-order valence-electron chi connectivity index (χ1n) is 6.21. The van der Waals surface area contributed by atoms with Crippen molar-refractivity contribution < 1.29 is 12.8 Å². The predicted octanol–water partition coefficient (Wildman–Crippen LogP) is 2.21. The van der Waals surface area contributed by atoms with Crippen LogP contribution in [0.5, 0.6) is 0 Å². The van der Waals surface area contributed by atoms with Gasteiger partial charge in [0, 0.05) is 23.6 Å². The molecule has 0 bridgehead atoms. The molecule has 1 saturated heterocycles. The van der Waals surface area contributed by atoms with E-state index in [9.17, 15) is 12.8 Å². The molecule has 2 rings (SSSR count). The van der Waals surface area contributed by atoms with Crippen LogP contribution in [0.25, 0.3) is 0 Å². The summed E-state index contributed by atoms with van der Waals surface area (Å²) in [4.78, 5) is -0.244. The van der Waals surface area contributed by atoms with Crippen LogP contribution >= 0.6 is 11.8 Å². The molecule has 1 aliphatic rings. The van der Waals surface area contributed by atoms with Crippen LogP contribution in [0, 0.1) is 17.1 Å². The molecule has 0 aliphatic carbocycles. The number of sulfonamides is 1. The van der Waals surface area contributed by atoms with Gasteiger partial charge in [0.25, 0.3) is 0 Å². The maximum atomic E-state index is 13.6. The van der Waals surface area contributed by atoms with Crippen molar-refractivity contribution in [2.45, 2.75) is 30.0 Å². The Morgan fingerprint density at radius 1 is 1.45 bits per heavy atom. The summed E-state index contributed by atoms with van der Waals surface area (Å²) in [7, 11) is -3.85. The van der Waals surface area contributed by atoms with Crippen LogP contribution in [0.4, 0.5) is 4.39 Å². The number of nitriles is 1. The van der Waals surface area contributed by atoms with Crippen LogP contribution in [0.15, 0.2) is 23.1 Å². The minimum atomic E-state index is -3.85. The molecule has 2 atom stereocenters. The molecule has 0 radical (unpaired) electrons. The topological polar surface area (TPSA) is 61.2 Å². The number of halogens is 1. The van der Waals surface area contributed by atoms with Gasteiger partial charge >= 0.3 is 0 Å². The van der Waals surface area contributed by atoms with Crippen LogP contribution in [0.1, 0.15) is 19.4 Å². The number of hydrogen-bond acceptors (Lipinski definition) is 4. The van der Waals surface area contributed by atoms with Crippen LogP contribution in [0.3, 0.4) is 0 Å². The van der Waals surface area contributed by atoms with Crippen LogP contribution < -0.4 is 0 Å². The van der Waals surface area contributed by atoms with E-state index in [1.807, 2.05) is 13.8 Å². The first-order chi connectivity index (χ1) is 9.39. The third-order valence-corrected chi connectivity index (χ3v) is 6.87. The number of rotatable bonds is 2. The molecule has 0 aromatic heterocycles. The predicted molar refractivity (Wildman–Crippen MR) is 76.4 cm³/mol. The lowest BCUT2D eigenvalue weighted by molar-refractivity contribution is 0.340. The molecule has 1 heterocycles. The highest BCUT2D eigenvalue weighted by Crippen LogP contribution is 2.30. The molecule has 0 amide bonds. The molecule has 1 aromatic carbocycles. The Hall–Kier alpha value is -1.10. The molecule has 4 nitrogen and oxygen atoms in total. The largest absolute Gasteiger partial charge is 0.244 e. The highest BCUT2D eigenvalue weighted by molar-refractivity contribution is 8.00. The third kappa shape index (κ3) is 2.55. The smallest absolute Gasteiger partial charge is 0.207 e. The second kappa shape index (κ2) is 5.72. The second-order valence-electron chi connectivity index (χ2n) is 4.66. The highest BCUT2D eigenvalue weighted by atomic mass is 32.2. The molecular weight excluding hydrogens is 299 g/mol. The first-order valence-corrected chi connectivity index (χ1v) is 8.70. The molecule has 7 heteroatoms. The lowest BCUT2D eigenvalue weighted by Crippen LogP contribution is -2.48. The molecule has 1 fully saturated rings. The molecule has 1 aromatic rings. The van der Waals surface area contributed by atoms with Gasteiger partial charge < -0.3 is 0 Å². The Labute approximate surface area is 122 Å². The van der Waals surface area contributed by atoms with E-state index in [1.54, 1.807) is 17.8 Å². The molecule has 108 valence electrons. The Bertz CT molecular complexity index is 655. The van der Waals surface area contributed by atoms with Crippen molar-refractivity contribution in [1.82, 2.24) is 4.31 Å². The Kier molecular flexibility index (Phi) is 4.37. The van der Waals surface area contributed by atoms with Gasteiger partial charge in [0.2, 0.25) is 10.0 Å². The fourth-order valence-electron chi connectivity index (χ4n) is 2.20. The van der Waals surface area contributed by atoms with Crippen molar-refractivity contribution in [1.29, 1.82) is 5.26 Å². The van der Waals surface area contributed by atoms with Crippen LogP contribution in [-0.2, 0) is 10.0 Å². The zero-order valence-corrected chi connectivity index (χ0v) is 12.8. The van der Waals surface area contributed by atoms with Crippen molar-refractivity contribution in [3.05, 3.63) is 29.6 Å². The quantitative estimate of drug-likeness (QED) is 0.840. The Balaban J connectivity index is 2.51. The van der Waals surface area contributed by atoms with Gasteiger partial charge in [-0.15, -0.1) is 0 Å². The average Bonchev–Trinajstić information content (AvgIpc) is 2.41. The summed E-state index contributed by atoms with van der Waals surface area (Å²) in [6, 6.07) is 5.16. The maximum Gasteiger partial charge on any atom is 0.244 e. The van der Waals surface area contributed by atoms with Crippen molar-refractivity contribution in [3.63, 3.8) is 0 Å².